The van der Waals surface area contributed by atoms with E-state index in [0.29, 0.717) is 26.2 Å². The lowest BCUT2D eigenvalue weighted by Gasteiger charge is -2.35. The van der Waals surface area contributed by atoms with Crippen LogP contribution < -0.4 is 15.5 Å². The molecule has 1 unspecified atom stereocenters. The van der Waals surface area contributed by atoms with E-state index < -0.39 is 23.0 Å². The standard InChI is InChI=1S/C27H26F2N4O4/c1-31-9-10-32-14-20(13-31)33-15-21(26(35)30-12-18-7-8-19(28)11-22(18)29)24(34)25(23(33)27(32)36)37-16-17-5-3-2-4-6-17/h2-8,11,15,20H,9-10,12-14,16H2,1H3,(H,30,35). The monoisotopic (exact) mass is 508 g/mol. The first kappa shape index (κ1) is 24.6. The summed E-state index contributed by atoms with van der Waals surface area (Å²) in [4.78, 5) is 43.9. The maximum atomic E-state index is 14.1. The Morgan fingerprint density at radius 2 is 1.86 bits per heavy atom. The van der Waals surface area contributed by atoms with Crippen molar-refractivity contribution < 1.29 is 23.1 Å². The van der Waals surface area contributed by atoms with Gasteiger partial charge in [0.2, 0.25) is 5.43 Å². The number of hydrogen-bond donors (Lipinski definition) is 1. The van der Waals surface area contributed by atoms with Crippen molar-refractivity contribution in [1.82, 2.24) is 19.7 Å². The number of pyridine rings is 1. The molecule has 5 rings (SSSR count). The molecular formula is C27H26F2N4O4. The van der Waals surface area contributed by atoms with Crippen LogP contribution in [-0.4, -0.2) is 59.4 Å². The maximum Gasteiger partial charge on any atom is 0.274 e. The molecule has 2 bridgehead atoms. The number of amides is 2. The van der Waals surface area contributed by atoms with Crippen molar-refractivity contribution in [2.75, 3.05) is 33.2 Å². The van der Waals surface area contributed by atoms with Gasteiger partial charge in [-0.15, -0.1) is 0 Å². The topological polar surface area (TPSA) is 83.9 Å². The maximum absolute atomic E-state index is 14.1. The Morgan fingerprint density at radius 1 is 1.08 bits per heavy atom. The van der Waals surface area contributed by atoms with Crippen molar-refractivity contribution in [1.29, 1.82) is 0 Å². The van der Waals surface area contributed by atoms with Gasteiger partial charge in [-0.1, -0.05) is 36.4 Å². The molecule has 3 aromatic rings. The quantitative estimate of drug-likeness (QED) is 0.554. The normalized spacial score (nSPS) is 17.2. The minimum atomic E-state index is -0.804. The molecule has 10 heteroatoms. The number of nitrogens with zero attached hydrogens (tertiary/aromatic N) is 3. The zero-order valence-corrected chi connectivity index (χ0v) is 20.2. The minimum Gasteiger partial charge on any atom is -0.483 e. The molecule has 0 radical (unpaired) electrons. The second-order valence-electron chi connectivity index (χ2n) is 9.32. The van der Waals surface area contributed by atoms with Crippen LogP contribution in [0.5, 0.6) is 5.75 Å². The lowest BCUT2D eigenvalue weighted by Crippen LogP contribution is -2.45. The van der Waals surface area contributed by atoms with Crippen molar-refractivity contribution in [3.05, 3.63) is 99.0 Å². The van der Waals surface area contributed by atoms with Gasteiger partial charge in [-0.25, -0.2) is 8.78 Å². The van der Waals surface area contributed by atoms with E-state index in [1.807, 2.05) is 37.4 Å². The Bertz CT molecular complexity index is 1410. The fourth-order valence-electron chi connectivity index (χ4n) is 4.72. The van der Waals surface area contributed by atoms with Crippen LogP contribution in [-0.2, 0) is 13.2 Å². The molecule has 0 aliphatic carbocycles. The molecule has 0 saturated carbocycles. The Hall–Kier alpha value is -4.05. The molecule has 3 heterocycles. The van der Waals surface area contributed by atoms with Gasteiger partial charge in [-0.05, 0) is 18.7 Å². The predicted molar refractivity (Wildman–Crippen MR) is 131 cm³/mol. The Balaban J connectivity index is 1.53. The van der Waals surface area contributed by atoms with E-state index in [0.717, 1.165) is 17.7 Å². The number of ether oxygens (including phenoxy) is 1. The van der Waals surface area contributed by atoms with Gasteiger partial charge in [-0.2, -0.15) is 0 Å². The molecule has 8 nitrogen and oxygen atoms in total. The van der Waals surface area contributed by atoms with Crippen molar-refractivity contribution in [3.8, 4) is 5.75 Å². The highest BCUT2D eigenvalue weighted by molar-refractivity contribution is 5.99. The lowest BCUT2D eigenvalue weighted by molar-refractivity contribution is 0.0682. The van der Waals surface area contributed by atoms with Crippen molar-refractivity contribution in [3.63, 3.8) is 0 Å². The largest absolute Gasteiger partial charge is 0.483 e. The second-order valence-corrected chi connectivity index (χ2v) is 9.32. The highest BCUT2D eigenvalue weighted by atomic mass is 19.1. The summed E-state index contributed by atoms with van der Waals surface area (Å²) in [6, 6.07) is 12.0. The summed E-state index contributed by atoms with van der Waals surface area (Å²) in [7, 11) is 1.95. The third kappa shape index (κ3) is 4.97. The second kappa shape index (κ2) is 10.1. The van der Waals surface area contributed by atoms with E-state index in [4.69, 9.17) is 4.74 Å². The van der Waals surface area contributed by atoms with Gasteiger partial charge in [0.25, 0.3) is 11.8 Å². The van der Waals surface area contributed by atoms with Crippen LogP contribution in [0.25, 0.3) is 0 Å². The van der Waals surface area contributed by atoms with Crippen molar-refractivity contribution >= 4 is 11.8 Å². The van der Waals surface area contributed by atoms with E-state index in [1.54, 1.807) is 9.47 Å². The van der Waals surface area contributed by atoms with E-state index in [-0.39, 0.29) is 47.7 Å². The molecule has 2 aliphatic heterocycles. The number of benzene rings is 2. The van der Waals surface area contributed by atoms with E-state index in [1.165, 1.54) is 12.3 Å². The third-order valence-corrected chi connectivity index (χ3v) is 6.71. The van der Waals surface area contributed by atoms with Gasteiger partial charge in [0.05, 0.1) is 6.04 Å². The number of hydrogen-bond acceptors (Lipinski definition) is 5. The first-order chi connectivity index (χ1) is 17.8. The summed E-state index contributed by atoms with van der Waals surface area (Å²) in [5, 5.41) is 2.54. The summed E-state index contributed by atoms with van der Waals surface area (Å²) in [6.07, 6.45) is 1.39. The molecule has 1 atom stereocenters. The number of rotatable bonds is 6. The molecule has 0 spiro atoms. The number of nitrogens with one attached hydrogen (secondary N) is 1. The third-order valence-electron chi connectivity index (χ3n) is 6.71. The number of aromatic nitrogens is 1. The lowest BCUT2D eigenvalue weighted by atomic mass is 10.1. The van der Waals surface area contributed by atoms with Crippen molar-refractivity contribution in [2.24, 2.45) is 0 Å². The molecule has 1 saturated heterocycles. The van der Waals surface area contributed by atoms with Gasteiger partial charge in [0, 0.05) is 50.6 Å². The molecule has 192 valence electrons. The van der Waals surface area contributed by atoms with Crippen LogP contribution in [0.2, 0.25) is 0 Å². The summed E-state index contributed by atoms with van der Waals surface area (Å²) in [6.45, 7) is 2.04. The van der Waals surface area contributed by atoms with E-state index in [9.17, 15) is 23.2 Å². The Kier molecular flexibility index (Phi) is 6.75. The molecule has 1 aromatic heterocycles. The molecule has 1 fully saturated rings. The fourth-order valence-corrected chi connectivity index (χ4v) is 4.72. The molecule has 1 N–H and O–H groups in total. The SMILES string of the molecule is CN1CCN2CC(C1)n1cc(C(=O)NCc3ccc(F)cc3F)c(=O)c(OCc3ccccc3)c1C2=O. The number of halogens is 2. The number of likely N-dealkylation sites (N-methyl/N-ethyl adjacent to an activating group) is 1. The first-order valence-electron chi connectivity index (χ1n) is 12.0. The van der Waals surface area contributed by atoms with Gasteiger partial charge in [0.15, 0.2) is 11.4 Å². The van der Waals surface area contributed by atoms with Crippen LogP contribution in [0.1, 0.15) is 38.0 Å². The molecular weight excluding hydrogens is 482 g/mol. The smallest absolute Gasteiger partial charge is 0.274 e. The van der Waals surface area contributed by atoms with Gasteiger partial charge in [-0.3, -0.25) is 14.4 Å². The number of fused-ring (bicyclic) bond motifs is 4. The van der Waals surface area contributed by atoms with Gasteiger partial charge < -0.3 is 24.4 Å². The Labute approximate surface area is 212 Å². The van der Waals surface area contributed by atoms with Crippen LogP contribution in [0.4, 0.5) is 8.78 Å². The molecule has 37 heavy (non-hydrogen) atoms. The molecule has 2 amide bonds. The summed E-state index contributed by atoms with van der Waals surface area (Å²) in [5.41, 5.74) is 0.0458. The summed E-state index contributed by atoms with van der Waals surface area (Å²) >= 11 is 0. The molecule has 2 aliphatic rings. The Morgan fingerprint density at radius 3 is 2.62 bits per heavy atom. The van der Waals surface area contributed by atoms with E-state index in [2.05, 4.69) is 10.2 Å². The highest BCUT2D eigenvalue weighted by Gasteiger charge is 2.38. The van der Waals surface area contributed by atoms with Crippen LogP contribution in [0, 0.1) is 11.6 Å². The predicted octanol–water partition coefficient (Wildman–Crippen LogP) is 2.58. The average Bonchev–Trinajstić information content (AvgIpc) is 3.06. The minimum absolute atomic E-state index is 0.0345. The highest BCUT2D eigenvalue weighted by Crippen LogP contribution is 2.29. The first-order valence-corrected chi connectivity index (χ1v) is 12.0. The van der Waals surface area contributed by atoms with E-state index >= 15 is 0 Å². The molecule has 2 aromatic carbocycles. The van der Waals surface area contributed by atoms with Crippen LogP contribution in [0.15, 0.2) is 59.5 Å². The zero-order valence-electron chi connectivity index (χ0n) is 20.2. The average molecular weight is 509 g/mol. The fraction of sp³-hybridized carbons (Fsp3) is 0.296. The van der Waals surface area contributed by atoms with Crippen LogP contribution in [0.3, 0.4) is 0 Å². The van der Waals surface area contributed by atoms with Crippen molar-refractivity contribution in [2.45, 2.75) is 19.2 Å². The number of carbonyl (C=O) groups is 2. The summed E-state index contributed by atoms with van der Waals surface area (Å²) < 4.78 is 34.9. The summed E-state index contributed by atoms with van der Waals surface area (Å²) in [5.74, 6) is -2.79. The van der Waals surface area contributed by atoms with Gasteiger partial charge in [0.1, 0.15) is 23.8 Å². The van der Waals surface area contributed by atoms with Crippen LogP contribution >= 0.6 is 0 Å². The zero-order chi connectivity index (χ0) is 26.1. The van der Waals surface area contributed by atoms with Gasteiger partial charge >= 0.3 is 0 Å². The number of carbonyl (C=O) groups excluding carboxylic acids is 2.